The van der Waals surface area contributed by atoms with Crippen LogP contribution in [0.5, 0.6) is 0 Å². The van der Waals surface area contributed by atoms with Crippen LogP contribution in [0.15, 0.2) is 60.7 Å². The van der Waals surface area contributed by atoms with Gasteiger partial charge >= 0.3 is 0 Å². The van der Waals surface area contributed by atoms with Gasteiger partial charge in [-0.25, -0.2) is 0 Å². The molecule has 2 aromatic rings. The van der Waals surface area contributed by atoms with E-state index in [1.807, 2.05) is 60.7 Å². The number of rotatable bonds is 4. The molecular formula is C16H12Br2O2. The van der Waals surface area contributed by atoms with Crippen molar-refractivity contribution in [3.8, 4) is 0 Å². The summed E-state index contributed by atoms with van der Waals surface area (Å²) in [5.41, 5.74) is 1.04. The number of ether oxygens (including phenoxy) is 1. The molecule has 0 N–H and O–H groups in total. The van der Waals surface area contributed by atoms with Gasteiger partial charge in [-0.3, -0.25) is 4.79 Å². The molecule has 1 fully saturated rings. The summed E-state index contributed by atoms with van der Waals surface area (Å²) >= 11 is 7.03. The first-order valence-corrected chi connectivity index (χ1v) is 8.10. The van der Waals surface area contributed by atoms with E-state index in [4.69, 9.17) is 4.74 Å². The summed E-state index contributed by atoms with van der Waals surface area (Å²) in [6, 6.07) is 19.1. The van der Waals surface area contributed by atoms with Gasteiger partial charge in [-0.15, -0.1) is 0 Å². The number of hydrogen-bond donors (Lipinski definition) is 0. The molecule has 0 bridgehead atoms. The second-order valence-electron chi connectivity index (χ2n) is 4.69. The van der Waals surface area contributed by atoms with Crippen molar-refractivity contribution < 1.29 is 9.53 Å². The smallest absolute Gasteiger partial charge is 0.195 e. The van der Waals surface area contributed by atoms with Gasteiger partial charge in [0.15, 0.2) is 11.9 Å². The van der Waals surface area contributed by atoms with Gasteiger partial charge in [-0.05, 0) is 5.56 Å². The van der Waals surface area contributed by atoms with E-state index in [1.165, 1.54) is 0 Å². The normalized spacial score (nSPS) is 24.6. The molecule has 2 nitrogen and oxygen atoms in total. The van der Waals surface area contributed by atoms with Crippen LogP contribution >= 0.6 is 31.9 Å². The Kier molecular flexibility index (Phi) is 3.80. The van der Waals surface area contributed by atoms with Crippen molar-refractivity contribution in [1.82, 2.24) is 0 Å². The zero-order valence-electron chi connectivity index (χ0n) is 10.5. The molecule has 3 rings (SSSR count). The molecular weight excluding hydrogens is 384 g/mol. The number of benzene rings is 2. The highest BCUT2D eigenvalue weighted by Crippen LogP contribution is 2.54. The van der Waals surface area contributed by atoms with E-state index in [9.17, 15) is 4.79 Å². The van der Waals surface area contributed by atoms with Crippen molar-refractivity contribution in [3.05, 3.63) is 71.8 Å². The van der Waals surface area contributed by atoms with E-state index < -0.39 is 11.7 Å². The minimum atomic E-state index is -0.631. The average molecular weight is 396 g/mol. The summed E-state index contributed by atoms with van der Waals surface area (Å²) in [6.45, 7) is 0. The first kappa shape index (κ1) is 14.0. The minimum absolute atomic E-state index is 0.0124. The number of carbonyl (C=O) groups is 1. The van der Waals surface area contributed by atoms with Crippen LogP contribution in [-0.4, -0.2) is 15.6 Å². The lowest BCUT2D eigenvalue weighted by atomic mass is 9.93. The van der Waals surface area contributed by atoms with Crippen LogP contribution in [0, 0.1) is 0 Å². The zero-order valence-corrected chi connectivity index (χ0v) is 13.7. The molecule has 1 heterocycles. The number of Topliss-reactive ketones (excluding diaryl/α,β-unsaturated/α-hetero) is 1. The van der Waals surface area contributed by atoms with E-state index >= 15 is 0 Å². The van der Waals surface area contributed by atoms with Crippen LogP contribution in [0.4, 0.5) is 0 Å². The van der Waals surface area contributed by atoms with Crippen molar-refractivity contribution in [2.45, 2.75) is 15.4 Å². The summed E-state index contributed by atoms with van der Waals surface area (Å²) in [7, 11) is 0. The van der Waals surface area contributed by atoms with Gasteiger partial charge in [0.2, 0.25) is 0 Å². The second kappa shape index (κ2) is 5.43. The highest BCUT2D eigenvalue weighted by molar-refractivity contribution is 9.24. The van der Waals surface area contributed by atoms with Crippen molar-refractivity contribution >= 4 is 37.6 Å². The van der Waals surface area contributed by atoms with Gasteiger partial charge in [0.25, 0.3) is 0 Å². The Morgan fingerprint density at radius 3 is 2.10 bits per heavy atom. The molecule has 2 atom stereocenters. The molecule has 4 heteroatoms. The van der Waals surface area contributed by atoms with Gasteiger partial charge in [0.05, 0.1) is 0 Å². The third kappa shape index (κ3) is 2.26. The molecule has 0 aliphatic carbocycles. The summed E-state index contributed by atoms with van der Waals surface area (Å²) in [6.07, 6.45) is -0.462. The lowest BCUT2D eigenvalue weighted by Crippen LogP contribution is -2.25. The minimum Gasteiger partial charge on any atom is -0.350 e. The van der Waals surface area contributed by atoms with E-state index in [0.29, 0.717) is 5.56 Å². The largest absolute Gasteiger partial charge is 0.350 e. The number of halogens is 2. The average Bonchev–Trinajstić information content (AvgIpc) is 3.25. The zero-order chi connectivity index (χ0) is 14.2. The van der Waals surface area contributed by atoms with Crippen LogP contribution in [-0.2, 0) is 10.3 Å². The Balaban J connectivity index is 1.93. The number of hydrogen-bond acceptors (Lipinski definition) is 2. The van der Waals surface area contributed by atoms with Crippen LogP contribution in [0.3, 0.4) is 0 Å². The maximum Gasteiger partial charge on any atom is 0.195 e. The first-order valence-electron chi connectivity index (χ1n) is 6.27. The van der Waals surface area contributed by atoms with E-state index in [1.54, 1.807) is 0 Å². The molecule has 0 radical (unpaired) electrons. The molecule has 1 aliphatic rings. The van der Waals surface area contributed by atoms with Gasteiger partial charge in [0, 0.05) is 5.56 Å². The van der Waals surface area contributed by atoms with Gasteiger partial charge in [0.1, 0.15) is 9.34 Å². The summed E-state index contributed by atoms with van der Waals surface area (Å²) in [4.78, 5) is 12.5. The lowest BCUT2D eigenvalue weighted by Gasteiger charge is -2.14. The van der Waals surface area contributed by atoms with Crippen LogP contribution in [0.25, 0.3) is 0 Å². The van der Waals surface area contributed by atoms with Gasteiger partial charge in [-0.2, -0.15) is 0 Å². The Hall–Kier alpha value is -0.970. The first-order chi connectivity index (χ1) is 9.66. The molecule has 0 aromatic heterocycles. The summed E-state index contributed by atoms with van der Waals surface area (Å²) in [5.74, 6) is 0.0124. The fourth-order valence-corrected chi connectivity index (χ4v) is 3.60. The molecule has 0 amide bonds. The SMILES string of the molecule is O=C(c1ccccc1)[C@H]1O[C@]1(c1ccccc1)C(Br)Br. The monoisotopic (exact) mass is 394 g/mol. The van der Waals surface area contributed by atoms with Crippen LogP contribution in [0.1, 0.15) is 15.9 Å². The molecule has 1 saturated heterocycles. The van der Waals surface area contributed by atoms with Crippen molar-refractivity contribution in [1.29, 1.82) is 0 Å². The van der Waals surface area contributed by atoms with E-state index in [0.717, 1.165) is 5.56 Å². The van der Waals surface area contributed by atoms with Crippen molar-refractivity contribution in [2.24, 2.45) is 0 Å². The van der Waals surface area contributed by atoms with Gasteiger partial charge < -0.3 is 4.74 Å². The highest BCUT2D eigenvalue weighted by atomic mass is 79.9. The number of epoxide rings is 1. The quantitative estimate of drug-likeness (QED) is 0.439. The molecule has 102 valence electrons. The Labute approximate surface area is 134 Å². The predicted octanol–water partition coefficient (Wildman–Crippen LogP) is 4.28. The van der Waals surface area contributed by atoms with Crippen LogP contribution < -0.4 is 0 Å². The molecule has 2 aromatic carbocycles. The molecule has 1 aliphatic heterocycles. The fraction of sp³-hybridized carbons (Fsp3) is 0.188. The number of ketones is 1. The third-order valence-electron chi connectivity index (χ3n) is 3.49. The standard InChI is InChI=1S/C16H12Br2O2/c17-15(18)16(12-9-5-2-6-10-12)14(20-16)13(19)11-7-3-1-4-8-11/h1-10,14-15H/t14-,16+/m1/s1. The Morgan fingerprint density at radius 1 is 1.00 bits per heavy atom. The van der Waals surface area contributed by atoms with E-state index in [-0.39, 0.29) is 9.52 Å². The maximum atomic E-state index is 12.5. The van der Waals surface area contributed by atoms with Gasteiger partial charge in [-0.1, -0.05) is 92.5 Å². The maximum absolute atomic E-state index is 12.5. The van der Waals surface area contributed by atoms with Crippen molar-refractivity contribution in [2.75, 3.05) is 0 Å². The highest BCUT2D eigenvalue weighted by Gasteiger charge is 2.65. The molecule has 0 spiro atoms. The lowest BCUT2D eigenvalue weighted by molar-refractivity contribution is 0.0953. The molecule has 0 saturated carbocycles. The molecule has 20 heavy (non-hydrogen) atoms. The molecule has 0 unspecified atom stereocenters. The second-order valence-corrected chi connectivity index (χ2v) is 7.75. The summed E-state index contributed by atoms with van der Waals surface area (Å²) < 4.78 is 5.70. The predicted molar refractivity (Wildman–Crippen MR) is 85.4 cm³/mol. The Bertz CT molecular complexity index is 613. The number of alkyl halides is 2. The Morgan fingerprint density at radius 2 is 1.55 bits per heavy atom. The topological polar surface area (TPSA) is 29.6 Å². The van der Waals surface area contributed by atoms with Crippen molar-refractivity contribution in [3.63, 3.8) is 0 Å². The fourth-order valence-electron chi connectivity index (χ4n) is 2.37. The number of carbonyl (C=O) groups excluding carboxylic acids is 1. The van der Waals surface area contributed by atoms with Crippen LogP contribution in [0.2, 0.25) is 0 Å². The third-order valence-corrected chi connectivity index (χ3v) is 4.85. The van der Waals surface area contributed by atoms with E-state index in [2.05, 4.69) is 31.9 Å². The summed E-state index contributed by atoms with van der Waals surface area (Å²) in [5, 5.41) is 0.